The van der Waals surface area contributed by atoms with Crippen molar-refractivity contribution in [1.29, 1.82) is 0 Å². The number of nitrogens with one attached hydrogen (secondary N) is 1. The number of benzene rings is 1. The number of aromatic hydroxyl groups is 1. The third kappa shape index (κ3) is 4.14. The molecule has 0 spiro atoms. The lowest BCUT2D eigenvalue weighted by Gasteiger charge is -2.28. The quantitative estimate of drug-likeness (QED) is 0.833. The topological polar surface area (TPSA) is 41.5 Å². The SMILES string of the molecule is CCC1CCC(CNCc2ccc(OC)cc2O)CC1. The van der Waals surface area contributed by atoms with Crippen molar-refractivity contribution in [3.63, 3.8) is 0 Å². The van der Waals surface area contributed by atoms with Gasteiger partial charge in [0.05, 0.1) is 7.11 Å². The summed E-state index contributed by atoms with van der Waals surface area (Å²) in [6, 6.07) is 5.49. The smallest absolute Gasteiger partial charge is 0.123 e. The van der Waals surface area contributed by atoms with Crippen molar-refractivity contribution in [3.8, 4) is 11.5 Å². The lowest BCUT2D eigenvalue weighted by atomic mass is 9.81. The van der Waals surface area contributed by atoms with Crippen molar-refractivity contribution >= 4 is 0 Å². The summed E-state index contributed by atoms with van der Waals surface area (Å²) < 4.78 is 5.09. The molecule has 112 valence electrons. The molecule has 0 unspecified atom stereocenters. The number of methoxy groups -OCH3 is 1. The second-order valence-corrected chi connectivity index (χ2v) is 5.92. The van der Waals surface area contributed by atoms with Gasteiger partial charge in [0.15, 0.2) is 0 Å². The summed E-state index contributed by atoms with van der Waals surface area (Å²) in [4.78, 5) is 0. The van der Waals surface area contributed by atoms with Crippen LogP contribution in [-0.2, 0) is 6.54 Å². The molecule has 0 amide bonds. The van der Waals surface area contributed by atoms with E-state index in [1.165, 1.54) is 32.1 Å². The van der Waals surface area contributed by atoms with Gasteiger partial charge in [0.25, 0.3) is 0 Å². The highest BCUT2D eigenvalue weighted by molar-refractivity contribution is 5.39. The summed E-state index contributed by atoms with van der Waals surface area (Å²) in [5.41, 5.74) is 0.938. The van der Waals surface area contributed by atoms with E-state index in [1.807, 2.05) is 12.1 Å². The van der Waals surface area contributed by atoms with E-state index in [-0.39, 0.29) is 0 Å². The van der Waals surface area contributed by atoms with E-state index >= 15 is 0 Å². The van der Waals surface area contributed by atoms with Crippen molar-refractivity contribution in [2.75, 3.05) is 13.7 Å². The lowest BCUT2D eigenvalue weighted by molar-refractivity contribution is 0.262. The fraction of sp³-hybridized carbons (Fsp3) is 0.647. The van der Waals surface area contributed by atoms with E-state index in [0.29, 0.717) is 11.5 Å². The summed E-state index contributed by atoms with van der Waals surface area (Å²) >= 11 is 0. The Morgan fingerprint density at radius 2 is 1.90 bits per heavy atom. The van der Waals surface area contributed by atoms with Crippen molar-refractivity contribution in [3.05, 3.63) is 23.8 Å². The Bertz CT molecular complexity index is 411. The Morgan fingerprint density at radius 1 is 1.20 bits per heavy atom. The molecule has 1 aliphatic rings. The maximum absolute atomic E-state index is 9.91. The molecule has 20 heavy (non-hydrogen) atoms. The Hall–Kier alpha value is -1.22. The molecule has 1 aromatic rings. The van der Waals surface area contributed by atoms with Gasteiger partial charge in [-0.2, -0.15) is 0 Å². The van der Waals surface area contributed by atoms with Gasteiger partial charge >= 0.3 is 0 Å². The fourth-order valence-corrected chi connectivity index (χ4v) is 3.07. The molecule has 0 aromatic heterocycles. The van der Waals surface area contributed by atoms with Gasteiger partial charge in [-0.25, -0.2) is 0 Å². The van der Waals surface area contributed by atoms with E-state index in [2.05, 4.69) is 12.2 Å². The zero-order valence-electron chi connectivity index (χ0n) is 12.7. The number of ether oxygens (including phenoxy) is 1. The molecule has 0 aliphatic heterocycles. The van der Waals surface area contributed by atoms with Crippen LogP contribution in [-0.4, -0.2) is 18.8 Å². The molecule has 1 aromatic carbocycles. The molecule has 0 bridgehead atoms. The van der Waals surface area contributed by atoms with Gasteiger partial charge in [-0.3, -0.25) is 0 Å². The summed E-state index contributed by atoms with van der Waals surface area (Å²) in [5.74, 6) is 2.77. The highest BCUT2D eigenvalue weighted by Gasteiger charge is 2.19. The van der Waals surface area contributed by atoms with Gasteiger partial charge in [-0.05, 0) is 37.3 Å². The predicted molar refractivity (Wildman–Crippen MR) is 82.1 cm³/mol. The van der Waals surface area contributed by atoms with Crippen LogP contribution in [0.3, 0.4) is 0 Å². The highest BCUT2D eigenvalue weighted by atomic mass is 16.5. The minimum absolute atomic E-state index is 0.312. The Labute approximate surface area is 122 Å². The second-order valence-electron chi connectivity index (χ2n) is 5.92. The first-order chi connectivity index (χ1) is 9.72. The molecule has 2 rings (SSSR count). The van der Waals surface area contributed by atoms with Crippen LogP contribution in [0.4, 0.5) is 0 Å². The molecule has 0 radical (unpaired) electrons. The van der Waals surface area contributed by atoms with Gasteiger partial charge in [0.2, 0.25) is 0 Å². The van der Waals surface area contributed by atoms with Crippen LogP contribution in [0.2, 0.25) is 0 Å². The molecule has 3 heteroatoms. The minimum atomic E-state index is 0.312. The third-order valence-electron chi connectivity index (χ3n) is 4.58. The molecular weight excluding hydrogens is 250 g/mol. The number of hydrogen-bond acceptors (Lipinski definition) is 3. The molecule has 0 atom stereocenters. The van der Waals surface area contributed by atoms with E-state index in [9.17, 15) is 5.11 Å². The predicted octanol–water partition coefficient (Wildman–Crippen LogP) is 3.71. The standard InChI is InChI=1S/C17H27NO2/c1-3-13-4-6-14(7-5-13)11-18-12-15-8-9-16(20-2)10-17(15)19/h8-10,13-14,18-19H,3-7,11-12H2,1-2H3. The number of phenolic OH excluding ortho intramolecular Hbond substituents is 1. The van der Waals surface area contributed by atoms with Crippen LogP contribution in [0.5, 0.6) is 11.5 Å². The van der Waals surface area contributed by atoms with Gasteiger partial charge in [-0.1, -0.05) is 32.3 Å². The minimum Gasteiger partial charge on any atom is -0.507 e. The van der Waals surface area contributed by atoms with Crippen LogP contribution in [0.15, 0.2) is 18.2 Å². The number of hydrogen-bond donors (Lipinski definition) is 2. The monoisotopic (exact) mass is 277 g/mol. The summed E-state index contributed by atoms with van der Waals surface area (Å²) in [5, 5.41) is 13.4. The molecule has 1 aliphatic carbocycles. The molecular formula is C17H27NO2. The first-order valence-corrected chi connectivity index (χ1v) is 7.79. The molecule has 0 heterocycles. The largest absolute Gasteiger partial charge is 0.507 e. The average molecular weight is 277 g/mol. The average Bonchev–Trinajstić information content (AvgIpc) is 2.49. The van der Waals surface area contributed by atoms with Crippen molar-refractivity contribution in [2.45, 2.75) is 45.6 Å². The van der Waals surface area contributed by atoms with Gasteiger partial charge in [0, 0.05) is 18.2 Å². The highest BCUT2D eigenvalue weighted by Crippen LogP contribution is 2.30. The van der Waals surface area contributed by atoms with Crippen LogP contribution in [0.1, 0.15) is 44.6 Å². The number of phenols is 1. The van der Waals surface area contributed by atoms with Gasteiger partial charge < -0.3 is 15.2 Å². The molecule has 1 fully saturated rings. The van der Waals surface area contributed by atoms with E-state index in [0.717, 1.165) is 30.5 Å². The zero-order valence-corrected chi connectivity index (χ0v) is 12.7. The Kier molecular flexibility index (Phi) is 5.72. The van der Waals surface area contributed by atoms with E-state index < -0.39 is 0 Å². The first-order valence-electron chi connectivity index (χ1n) is 7.79. The lowest BCUT2D eigenvalue weighted by Crippen LogP contribution is -2.26. The molecule has 2 N–H and O–H groups in total. The summed E-state index contributed by atoms with van der Waals surface area (Å²) in [6.07, 6.45) is 6.80. The molecule has 1 saturated carbocycles. The molecule has 3 nitrogen and oxygen atoms in total. The van der Waals surface area contributed by atoms with Gasteiger partial charge in [-0.15, -0.1) is 0 Å². The second kappa shape index (κ2) is 7.53. The summed E-state index contributed by atoms with van der Waals surface area (Å²) in [7, 11) is 1.61. The van der Waals surface area contributed by atoms with Crippen LogP contribution in [0.25, 0.3) is 0 Å². The van der Waals surface area contributed by atoms with E-state index in [4.69, 9.17) is 4.74 Å². The zero-order chi connectivity index (χ0) is 14.4. The molecule has 0 saturated heterocycles. The summed E-state index contributed by atoms with van der Waals surface area (Å²) in [6.45, 7) is 4.08. The fourth-order valence-electron chi connectivity index (χ4n) is 3.07. The van der Waals surface area contributed by atoms with Crippen LogP contribution in [0, 0.1) is 11.8 Å². The van der Waals surface area contributed by atoms with Crippen LogP contribution < -0.4 is 10.1 Å². The van der Waals surface area contributed by atoms with Gasteiger partial charge in [0.1, 0.15) is 11.5 Å². The van der Waals surface area contributed by atoms with Crippen molar-refractivity contribution < 1.29 is 9.84 Å². The van der Waals surface area contributed by atoms with Crippen molar-refractivity contribution in [2.24, 2.45) is 11.8 Å². The maximum atomic E-state index is 9.91. The normalized spacial score (nSPS) is 22.7. The van der Waals surface area contributed by atoms with Crippen molar-refractivity contribution in [1.82, 2.24) is 5.32 Å². The Balaban J connectivity index is 1.73. The third-order valence-corrected chi connectivity index (χ3v) is 4.58. The first kappa shape index (κ1) is 15.2. The Morgan fingerprint density at radius 3 is 2.50 bits per heavy atom. The maximum Gasteiger partial charge on any atom is 0.123 e. The van der Waals surface area contributed by atoms with Crippen LogP contribution >= 0.6 is 0 Å². The number of rotatable bonds is 6. The van der Waals surface area contributed by atoms with E-state index in [1.54, 1.807) is 13.2 Å².